The predicted molar refractivity (Wildman–Crippen MR) is 592 cm³/mol. The third-order valence-electron chi connectivity index (χ3n) is 35.8. The number of hydrogen-bond acceptors (Lipinski definition) is 13. The second-order valence-electron chi connectivity index (χ2n) is 46.6. The van der Waals surface area contributed by atoms with Gasteiger partial charge < -0.3 is 70.2 Å². The predicted octanol–water partition coefficient (Wildman–Crippen LogP) is 29.8. The van der Waals surface area contributed by atoms with E-state index in [0.717, 1.165) is 276 Å². The highest BCUT2D eigenvalue weighted by atomic mass is 28.4. The molecule has 4 aliphatic carbocycles. The largest absolute Gasteiger partial charge is 0.502 e. The molecule has 145 heavy (non-hydrogen) atoms. The molecule has 15 nitrogen and oxygen atoms in total. The fourth-order valence-electron chi connectivity index (χ4n) is 28.2. The van der Waals surface area contributed by atoms with Crippen molar-refractivity contribution in [2.24, 2.45) is 17.8 Å². The molecule has 8 fully saturated rings. The van der Waals surface area contributed by atoms with Gasteiger partial charge in [0.05, 0.1) is 72.3 Å². The number of nitrogens with zero attached hydrogens (tertiary/aromatic N) is 2. The molecule has 0 radical (unpaired) electrons. The molecule has 4 saturated carbocycles. The highest BCUT2D eigenvalue weighted by Gasteiger charge is 3.08. The van der Waals surface area contributed by atoms with Gasteiger partial charge in [-0.3, -0.25) is 0 Å². The Hall–Kier alpha value is -6.89. The molecule has 0 aromatic heterocycles. The molecular formula is C128H186N2O13Si2+2. The van der Waals surface area contributed by atoms with Crippen LogP contribution in [0.2, 0.25) is 12.1 Å². The molecule has 17 heteroatoms. The molecule has 4 saturated heterocycles. The maximum absolute atomic E-state index is 12.8. The summed E-state index contributed by atoms with van der Waals surface area (Å²) < 4.78 is 65.0. The average Bonchev–Trinajstić information content (AvgIpc) is 1.39. The first kappa shape index (κ1) is 111. The van der Waals surface area contributed by atoms with Crippen LogP contribution in [-0.4, -0.2) is 155 Å². The zero-order valence-electron chi connectivity index (χ0n) is 90.5. The number of unbranched alkanes of at least 4 members (excludes halogenated alkanes) is 35. The van der Waals surface area contributed by atoms with Crippen LogP contribution in [0, 0.1) is 17.8 Å². The Labute approximate surface area is 877 Å². The fourth-order valence-corrected chi connectivity index (χ4v) is 35.7. The van der Waals surface area contributed by atoms with Crippen molar-refractivity contribution in [3.63, 3.8) is 0 Å². The van der Waals surface area contributed by atoms with Gasteiger partial charge >= 0.3 is 17.6 Å². The molecule has 3 spiro atoms. The van der Waals surface area contributed by atoms with Gasteiger partial charge in [0.2, 0.25) is 0 Å². The molecule has 4 N–H and O–H groups in total. The summed E-state index contributed by atoms with van der Waals surface area (Å²) in [7, 11) is -1.32. The molecule has 8 aliphatic rings. The van der Waals surface area contributed by atoms with Crippen molar-refractivity contribution < 1.29 is 70.2 Å². The standard InChI is InChI=1S/C128H186N2O13Si2/c1-8-12-14-16-18-20-22-26-34-56-94-129(6,92-10-3)102-124(133,107-68-50-43-51-69-107)111-78-84-114(85-79-111)135-96-58-36-30-31-45-63-104-72-74-109(75-73-104)122(131,105-64-46-41-47-65-105)90-54-32-25-29-40-62-100-145-139-119-101-117-120-116-88-89-118-121(5)127(116,128(120,143-145)126(117,119)141-145)142-144(138-118,140-121)99-61-39-28-24-33-55-91-123(132,106-66-48-42-49-67-106)110-76-82-113(83-77-110)136-97-59-37-38-60-98-137-115-86-80-112(81-87-115)125(134,108-70-52-44-53-71-108)103-130(7,93-11-4)95-57-35-27-23-21-19-17-15-13-9-2/h41-44,46-53,64-87,116-120,131-134H,8-40,45,54-63,88-103H2,1-7H3/q+2. The lowest BCUT2D eigenvalue weighted by atomic mass is 9.22. The number of hydrogen-bond donors (Lipinski definition) is 4. The van der Waals surface area contributed by atoms with E-state index >= 15 is 0 Å². The summed E-state index contributed by atoms with van der Waals surface area (Å²) in [5, 5.41) is 51.0. The third-order valence-corrected chi connectivity index (χ3v) is 41.7. The normalized spacial score (nSPS) is 25.7. The topological polar surface area (TPSA) is 164 Å². The number of rotatable bonds is 74. The van der Waals surface area contributed by atoms with Crippen LogP contribution in [0.1, 0.15) is 393 Å². The van der Waals surface area contributed by atoms with Crippen molar-refractivity contribution in [1.82, 2.24) is 0 Å². The van der Waals surface area contributed by atoms with Crippen molar-refractivity contribution in [1.29, 1.82) is 0 Å². The maximum Gasteiger partial charge on any atom is 0.502 e. The lowest BCUT2D eigenvalue weighted by molar-refractivity contribution is -0.916. The number of ether oxygens (including phenoxy) is 3. The van der Waals surface area contributed by atoms with Crippen LogP contribution >= 0.6 is 0 Å². The van der Waals surface area contributed by atoms with E-state index in [0.29, 0.717) is 63.5 Å². The SMILES string of the molecule is CCCCCCCCCCCC[N+](C)(CCC)CC(O)(c1ccccc1)c1ccc(OCCCCCCCc2ccc(C(O)(CCCCCCCC[Si]34OC5CC6C7C8CCC9O[Si]%10(CCCCCCCCC(O)(c%11ccccc%11)c%11ccc(OCCCCCCOc%12ccc(C(O)(C[N+](C)(CCC)CCCCCCCCCCCC)c%13ccccc%13)cc%12)cc%11)OC9(C)C8(O%10)C7(O3)C56O4)c3ccccc3)cc2)cc1. The highest BCUT2D eigenvalue weighted by molar-refractivity contribution is 6.64. The van der Waals surface area contributed by atoms with Gasteiger partial charge in [-0.05, 0) is 241 Å². The first-order valence-corrected chi connectivity index (χ1v) is 62.8. The van der Waals surface area contributed by atoms with E-state index in [1.54, 1.807) is 0 Å². The molecular weight excluding hydrogens is 1830 g/mol. The quantitative estimate of drug-likeness (QED) is 0.0162. The molecule has 8 aromatic rings. The smallest absolute Gasteiger partial charge is 0.494 e. The number of benzene rings is 8. The zero-order valence-corrected chi connectivity index (χ0v) is 92.5. The number of aryl methyl sites for hydroxylation is 1. The van der Waals surface area contributed by atoms with Gasteiger partial charge in [-0.15, -0.1) is 0 Å². The van der Waals surface area contributed by atoms with Gasteiger partial charge in [-0.1, -0.05) is 383 Å². The molecule has 4 heterocycles. The molecule has 4 aliphatic heterocycles. The highest BCUT2D eigenvalue weighted by Crippen LogP contribution is 2.91. The van der Waals surface area contributed by atoms with E-state index in [1.807, 2.05) is 72.8 Å². The van der Waals surface area contributed by atoms with E-state index in [9.17, 15) is 20.4 Å². The Bertz CT molecular complexity index is 5130. The van der Waals surface area contributed by atoms with Gasteiger partial charge in [0, 0.05) is 23.9 Å². The van der Waals surface area contributed by atoms with Crippen molar-refractivity contribution in [2.45, 2.75) is 418 Å². The van der Waals surface area contributed by atoms with E-state index in [-0.39, 0.29) is 12.2 Å². The number of fused-ring (bicyclic) bond motifs is 4. The van der Waals surface area contributed by atoms with Gasteiger partial charge in [-0.25, -0.2) is 0 Å². The summed E-state index contributed by atoms with van der Waals surface area (Å²) in [4.78, 5) is 0. The summed E-state index contributed by atoms with van der Waals surface area (Å²) >= 11 is 0. The molecule has 792 valence electrons. The Morgan fingerprint density at radius 1 is 0.303 bits per heavy atom. The maximum atomic E-state index is 12.8. The summed E-state index contributed by atoms with van der Waals surface area (Å²) in [6.07, 6.45) is 56.4. The van der Waals surface area contributed by atoms with E-state index < -0.39 is 62.4 Å². The molecule has 4 bridgehead atoms. The van der Waals surface area contributed by atoms with Crippen LogP contribution in [0.25, 0.3) is 0 Å². The minimum atomic E-state index is -3.03. The van der Waals surface area contributed by atoms with Gasteiger partial charge in [0.15, 0.2) is 11.2 Å². The molecule has 17 unspecified atom stereocenters. The molecule has 0 amide bonds. The van der Waals surface area contributed by atoms with Gasteiger partial charge in [-0.2, -0.15) is 0 Å². The van der Waals surface area contributed by atoms with Crippen LogP contribution in [0.4, 0.5) is 0 Å². The second kappa shape index (κ2) is 52.0. The van der Waals surface area contributed by atoms with E-state index in [2.05, 4.69) is 194 Å². The Balaban J connectivity index is 0.423. The Morgan fingerprint density at radius 2 is 0.621 bits per heavy atom. The number of quaternary nitrogens is 2. The summed E-state index contributed by atoms with van der Waals surface area (Å²) in [5.41, 5.74) is 2.36. The van der Waals surface area contributed by atoms with Crippen molar-refractivity contribution in [2.75, 3.05) is 73.2 Å². The van der Waals surface area contributed by atoms with Crippen LogP contribution < -0.4 is 14.2 Å². The lowest BCUT2D eigenvalue weighted by Crippen LogP contribution is -3.04. The van der Waals surface area contributed by atoms with Crippen molar-refractivity contribution in [3.05, 3.63) is 268 Å². The van der Waals surface area contributed by atoms with Crippen LogP contribution in [-0.2, 0) is 55.4 Å². The zero-order chi connectivity index (χ0) is 101. The number of likely N-dealkylation sites (N-methyl/N-ethyl adjacent to an activating group) is 2. The molecule has 17 atom stereocenters. The molecule has 8 aromatic carbocycles. The summed E-state index contributed by atoms with van der Waals surface area (Å²) in [6, 6.07) is 76.3. The van der Waals surface area contributed by atoms with Gasteiger partial charge in [0.25, 0.3) is 0 Å². The third kappa shape index (κ3) is 25.2. The van der Waals surface area contributed by atoms with E-state index in [1.165, 1.54) is 140 Å². The minimum Gasteiger partial charge on any atom is -0.494 e. The van der Waals surface area contributed by atoms with Crippen LogP contribution in [0.15, 0.2) is 218 Å². The number of aliphatic hydroxyl groups is 4. The molecule has 16 rings (SSSR count). The Morgan fingerprint density at radius 3 is 1.01 bits per heavy atom. The second-order valence-corrected chi connectivity index (χ2v) is 51.6. The fraction of sp³-hybridized carbons (Fsp3) is 0.625. The van der Waals surface area contributed by atoms with Crippen molar-refractivity contribution >= 4 is 17.6 Å². The summed E-state index contributed by atoms with van der Waals surface area (Å²) in [5.74, 6) is 3.81. The van der Waals surface area contributed by atoms with E-state index in [4.69, 9.17) is 40.8 Å². The lowest BCUT2D eigenvalue weighted by Gasteiger charge is -2.88. The van der Waals surface area contributed by atoms with Gasteiger partial charge in [0.1, 0.15) is 63.9 Å². The average molecular weight is 2020 g/mol. The van der Waals surface area contributed by atoms with Crippen LogP contribution in [0.3, 0.4) is 0 Å². The Kier molecular flexibility index (Phi) is 39.7. The minimum absolute atomic E-state index is 0.0159. The monoisotopic (exact) mass is 2020 g/mol. The first-order chi connectivity index (χ1) is 70.7. The first-order valence-electron chi connectivity index (χ1n) is 58.9. The van der Waals surface area contributed by atoms with Crippen molar-refractivity contribution in [3.8, 4) is 17.2 Å². The summed E-state index contributed by atoms with van der Waals surface area (Å²) in [6.45, 7) is 18.9. The van der Waals surface area contributed by atoms with Crippen LogP contribution in [0.5, 0.6) is 17.2 Å².